The predicted molar refractivity (Wildman–Crippen MR) is 99.7 cm³/mol. The van der Waals surface area contributed by atoms with Crippen molar-refractivity contribution in [2.24, 2.45) is 0 Å². The van der Waals surface area contributed by atoms with Gasteiger partial charge in [-0.15, -0.1) is 0 Å². The summed E-state index contributed by atoms with van der Waals surface area (Å²) in [5.41, 5.74) is 0. The molecule has 138 valence electrons. The molecule has 1 rings (SSSR count). The molecule has 0 spiro atoms. The van der Waals surface area contributed by atoms with Crippen LogP contribution >= 0.6 is 0 Å². The molecule has 0 saturated carbocycles. The zero-order valence-electron chi connectivity index (χ0n) is 15.8. The number of hydrogen-bond donors (Lipinski definition) is 1. The summed E-state index contributed by atoms with van der Waals surface area (Å²) < 4.78 is 0. The van der Waals surface area contributed by atoms with Crippen LogP contribution in [0.1, 0.15) is 104 Å². The van der Waals surface area contributed by atoms with Crippen molar-refractivity contribution < 1.29 is 9.90 Å². The highest BCUT2D eigenvalue weighted by Crippen LogP contribution is 2.14. The molecule has 0 aromatic heterocycles. The van der Waals surface area contributed by atoms with Crippen LogP contribution in [-0.2, 0) is 4.79 Å². The van der Waals surface area contributed by atoms with Crippen LogP contribution in [0.3, 0.4) is 0 Å². The molecule has 3 heteroatoms. The molecule has 0 atom stereocenters. The molecule has 1 amide bonds. The van der Waals surface area contributed by atoms with E-state index in [1.54, 1.807) is 6.92 Å². The third-order valence-electron chi connectivity index (χ3n) is 4.45. The smallest absolute Gasteiger partial charge is 0.222 e. The number of carbonyl (C=O) groups is 1. The van der Waals surface area contributed by atoms with Gasteiger partial charge in [-0.3, -0.25) is 4.79 Å². The Morgan fingerprint density at radius 3 is 1.65 bits per heavy atom. The summed E-state index contributed by atoms with van der Waals surface area (Å²) in [6.45, 7) is 6.23. The highest BCUT2D eigenvalue weighted by Gasteiger charge is 2.18. The second-order valence-electron chi connectivity index (χ2n) is 6.69. The number of hydrogen-bond acceptors (Lipinski definition) is 2. The molecule has 0 aromatic carbocycles. The summed E-state index contributed by atoms with van der Waals surface area (Å²) in [6.07, 6.45) is 18.5. The van der Waals surface area contributed by atoms with Crippen molar-refractivity contribution in [3.05, 3.63) is 0 Å². The van der Waals surface area contributed by atoms with Gasteiger partial charge in [-0.1, -0.05) is 77.6 Å². The van der Waals surface area contributed by atoms with E-state index in [0.717, 1.165) is 25.9 Å². The average molecular weight is 328 g/mol. The number of rotatable bonds is 13. The first-order valence-electron chi connectivity index (χ1n) is 10.1. The minimum Gasteiger partial charge on any atom is -0.397 e. The molecule has 23 heavy (non-hydrogen) atoms. The maximum atomic E-state index is 11.4. The van der Waals surface area contributed by atoms with Gasteiger partial charge in [0.1, 0.15) is 0 Å². The number of amides is 1. The van der Waals surface area contributed by atoms with Gasteiger partial charge in [0.05, 0.1) is 0 Å². The Hall–Kier alpha value is -0.570. The molecule has 0 aromatic rings. The van der Waals surface area contributed by atoms with Gasteiger partial charge in [0.2, 0.25) is 5.91 Å². The Kier molecular flexibility index (Phi) is 17.3. The van der Waals surface area contributed by atoms with Gasteiger partial charge < -0.3 is 10.0 Å². The molecule has 0 radical (unpaired) electrons. The summed E-state index contributed by atoms with van der Waals surface area (Å²) in [4.78, 5) is 13.5. The summed E-state index contributed by atoms with van der Waals surface area (Å²) in [6, 6.07) is 0. The van der Waals surface area contributed by atoms with Gasteiger partial charge in [-0.25, -0.2) is 0 Å². The minimum atomic E-state index is 0.250. The van der Waals surface area contributed by atoms with Crippen LogP contribution in [0.5, 0.6) is 0 Å². The second kappa shape index (κ2) is 17.8. The Labute approximate surface area is 144 Å². The quantitative estimate of drug-likeness (QED) is 0.466. The molecule has 1 aliphatic rings. The first kappa shape index (κ1) is 22.4. The Bertz CT molecular complexity index is 256. The summed E-state index contributed by atoms with van der Waals surface area (Å²) in [7, 11) is 0. The van der Waals surface area contributed by atoms with Crippen molar-refractivity contribution in [2.75, 3.05) is 19.7 Å². The van der Waals surface area contributed by atoms with Crippen molar-refractivity contribution in [3.8, 4) is 0 Å². The molecule has 0 aliphatic carbocycles. The van der Waals surface area contributed by atoms with E-state index < -0.39 is 0 Å². The fourth-order valence-corrected chi connectivity index (χ4v) is 3.08. The molecule has 0 unspecified atom stereocenters. The van der Waals surface area contributed by atoms with E-state index in [0.29, 0.717) is 5.91 Å². The van der Waals surface area contributed by atoms with Crippen LogP contribution in [-0.4, -0.2) is 35.6 Å². The zero-order valence-corrected chi connectivity index (χ0v) is 15.8. The van der Waals surface area contributed by atoms with Crippen molar-refractivity contribution in [2.45, 2.75) is 104 Å². The van der Waals surface area contributed by atoms with Crippen LogP contribution in [0.2, 0.25) is 0 Å². The molecular formula is C20H41NO2. The Morgan fingerprint density at radius 2 is 1.26 bits per heavy atom. The van der Waals surface area contributed by atoms with Crippen molar-refractivity contribution in [3.63, 3.8) is 0 Å². The van der Waals surface area contributed by atoms with Crippen molar-refractivity contribution in [1.82, 2.24) is 4.90 Å². The van der Waals surface area contributed by atoms with Crippen LogP contribution in [0, 0.1) is 0 Å². The number of aliphatic hydroxyl groups excluding tert-OH is 1. The summed E-state index contributed by atoms with van der Waals surface area (Å²) in [5.74, 6) is 0.382. The molecular weight excluding hydrogens is 286 g/mol. The minimum absolute atomic E-state index is 0.250. The van der Waals surface area contributed by atoms with Gasteiger partial charge in [-0.05, 0) is 19.8 Å². The predicted octanol–water partition coefficient (Wildman–Crippen LogP) is 5.31. The third-order valence-corrected chi connectivity index (χ3v) is 4.45. The fourth-order valence-electron chi connectivity index (χ4n) is 3.08. The summed E-state index contributed by atoms with van der Waals surface area (Å²) >= 11 is 0. The molecule has 1 fully saturated rings. The lowest BCUT2D eigenvalue weighted by Gasteiger charge is -2.14. The Morgan fingerprint density at radius 1 is 0.826 bits per heavy atom. The number of nitrogens with zero attached hydrogens (tertiary/aromatic N) is 1. The van der Waals surface area contributed by atoms with E-state index in [9.17, 15) is 4.79 Å². The standard InChI is InChI=1S/C18H35NO.C2H6O/c1-2-3-4-5-6-7-8-9-10-11-12-13-16-19-17-14-15-18(19)20;1-2-3/h2-17H2,1H3;3H,2H2,1H3. The summed E-state index contributed by atoms with van der Waals surface area (Å²) in [5, 5.41) is 7.57. The number of likely N-dealkylation sites (tertiary alicyclic amines) is 1. The fraction of sp³-hybridized carbons (Fsp3) is 0.950. The van der Waals surface area contributed by atoms with Crippen LogP contribution in [0.4, 0.5) is 0 Å². The van der Waals surface area contributed by atoms with Gasteiger partial charge in [0, 0.05) is 26.1 Å². The van der Waals surface area contributed by atoms with Crippen LogP contribution in [0.15, 0.2) is 0 Å². The van der Waals surface area contributed by atoms with Gasteiger partial charge >= 0.3 is 0 Å². The van der Waals surface area contributed by atoms with Crippen molar-refractivity contribution in [1.29, 1.82) is 0 Å². The number of carbonyl (C=O) groups excluding carboxylic acids is 1. The highest BCUT2D eigenvalue weighted by molar-refractivity contribution is 5.77. The molecule has 1 aliphatic heterocycles. The van der Waals surface area contributed by atoms with Crippen molar-refractivity contribution >= 4 is 5.91 Å². The molecule has 0 bridgehead atoms. The van der Waals surface area contributed by atoms with E-state index in [1.165, 1.54) is 77.0 Å². The van der Waals surface area contributed by atoms with Crippen LogP contribution in [0.25, 0.3) is 0 Å². The topological polar surface area (TPSA) is 40.5 Å². The first-order chi connectivity index (χ1) is 11.3. The van der Waals surface area contributed by atoms with E-state index in [1.807, 2.05) is 0 Å². The van der Waals surface area contributed by atoms with Crippen LogP contribution < -0.4 is 0 Å². The average Bonchev–Trinajstić information content (AvgIpc) is 2.94. The maximum absolute atomic E-state index is 11.4. The molecule has 1 heterocycles. The molecule has 3 nitrogen and oxygen atoms in total. The van der Waals surface area contributed by atoms with Gasteiger partial charge in [0.15, 0.2) is 0 Å². The SMILES string of the molecule is CCCCCCCCCCCCCCN1CCCC1=O.CCO. The third kappa shape index (κ3) is 14.7. The zero-order chi connectivity index (χ0) is 17.2. The number of aliphatic hydroxyl groups is 1. The first-order valence-corrected chi connectivity index (χ1v) is 10.1. The molecule has 1 N–H and O–H groups in total. The largest absolute Gasteiger partial charge is 0.397 e. The maximum Gasteiger partial charge on any atom is 0.222 e. The lowest BCUT2D eigenvalue weighted by atomic mass is 10.1. The Balaban J connectivity index is 0.00000149. The number of unbranched alkanes of at least 4 members (excludes halogenated alkanes) is 11. The monoisotopic (exact) mass is 327 g/mol. The normalized spacial score (nSPS) is 14.0. The van der Waals surface area contributed by atoms with E-state index >= 15 is 0 Å². The van der Waals surface area contributed by atoms with E-state index in [4.69, 9.17) is 5.11 Å². The van der Waals surface area contributed by atoms with Gasteiger partial charge in [0.25, 0.3) is 0 Å². The highest BCUT2D eigenvalue weighted by atomic mass is 16.2. The lowest BCUT2D eigenvalue weighted by molar-refractivity contribution is -0.127. The van der Waals surface area contributed by atoms with E-state index in [-0.39, 0.29) is 6.61 Å². The molecule has 1 saturated heterocycles. The second-order valence-corrected chi connectivity index (χ2v) is 6.69. The van der Waals surface area contributed by atoms with Gasteiger partial charge in [-0.2, -0.15) is 0 Å². The van der Waals surface area contributed by atoms with E-state index in [2.05, 4.69) is 11.8 Å². The lowest BCUT2D eigenvalue weighted by Crippen LogP contribution is -2.25.